The van der Waals surface area contributed by atoms with Crippen molar-refractivity contribution in [3.05, 3.63) is 102 Å². The van der Waals surface area contributed by atoms with E-state index in [0.717, 1.165) is 0 Å². The standard InChI is InChI=1S/C19H17NSi/c1-21-19(16-9-4-2-5-10-16,17-11-6-3-7-12-17)18-13-8-14-20-15-18/h2-15H,1H3. The molecular formula is C19H17NSi. The van der Waals surface area contributed by atoms with Gasteiger partial charge >= 0.3 is 0 Å². The smallest absolute Gasteiger partial charge is 0.0607 e. The molecule has 102 valence electrons. The van der Waals surface area contributed by atoms with Gasteiger partial charge in [0.05, 0.1) is 9.52 Å². The van der Waals surface area contributed by atoms with Gasteiger partial charge in [-0.3, -0.25) is 4.98 Å². The quantitative estimate of drug-likeness (QED) is 0.658. The lowest BCUT2D eigenvalue weighted by molar-refractivity contribution is 0.856. The Balaban J connectivity index is 2.29. The number of aromatic nitrogens is 1. The SMILES string of the molecule is C[Si]C(c1ccccc1)(c1ccccc1)c1cccnc1. The Morgan fingerprint density at radius 2 is 1.24 bits per heavy atom. The molecule has 0 bridgehead atoms. The van der Waals surface area contributed by atoms with Gasteiger partial charge in [-0.1, -0.05) is 73.3 Å². The predicted octanol–water partition coefficient (Wildman–Crippen LogP) is 4.13. The summed E-state index contributed by atoms with van der Waals surface area (Å²) in [5.41, 5.74) is 3.90. The number of hydrogen-bond donors (Lipinski definition) is 0. The highest BCUT2D eigenvalue weighted by atomic mass is 28.2. The zero-order chi connectivity index (χ0) is 14.5. The van der Waals surface area contributed by atoms with Gasteiger partial charge in [0.2, 0.25) is 0 Å². The minimum atomic E-state index is -0.114. The number of benzene rings is 2. The van der Waals surface area contributed by atoms with Crippen LogP contribution in [-0.2, 0) is 5.04 Å². The van der Waals surface area contributed by atoms with E-state index in [1.807, 2.05) is 18.5 Å². The van der Waals surface area contributed by atoms with Crippen LogP contribution in [0, 0.1) is 0 Å². The maximum atomic E-state index is 4.35. The first kappa shape index (κ1) is 13.8. The fourth-order valence-electron chi connectivity index (χ4n) is 2.89. The summed E-state index contributed by atoms with van der Waals surface area (Å²) in [5, 5.41) is -0.114. The molecule has 0 aliphatic heterocycles. The molecule has 0 aliphatic carbocycles. The minimum absolute atomic E-state index is 0.114. The molecule has 0 saturated carbocycles. The van der Waals surface area contributed by atoms with Crippen LogP contribution in [0.2, 0.25) is 6.55 Å². The van der Waals surface area contributed by atoms with Crippen molar-refractivity contribution in [1.82, 2.24) is 4.98 Å². The van der Waals surface area contributed by atoms with E-state index in [1.165, 1.54) is 16.7 Å². The van der Waals surface area contributed by atoms with Gasteiger partial charge in [0.15, 0.2) is 0 Å². The van der Waals surface area contributed by atoms with Crippen LogP contribution < -0.4 is 0 Å². The maximum absolute atomic E-state index is 4.35. The highest BCUT2D eigenvalue weighted by Crippen LogP contribution is 2.37. The molecule has 2 aromatic carbocycles. The van der Waals surface area contributed by atoms with E-state index in [1.54, 1.807) is 0 Å². The zero-order valence-electron chi connectivity index (χ0n) is 12.0. The lowest BCUT2D eigenvalue weighted by Gasteiger charge is -2.34. The van der Waals surface area contributed by atoms with Crippen molar-refractivity contribution in [2.24, 2.45) is 0 Å². The van der Waals surface area contributed by atoms with Gasteiger partial charge < -0.3 is 0 Å². The van der Waals surface area contributed by atoms with Gasteiger partial charge in [-0.25, -0.2) is 0 Å². The third-order valence-electron chi connectivity index (χ3n) is 3.88. The summed E-state index contributed by atoms with van der Waals surface area (Å²) in [4.78, 5) is 4.35. The van der Waals surface area contributed by atoms with Crippen molar-refractivity contribution in [2.45, 2.75) is 11.6 Å². The fraction of sp³-hybridized carbons (Fsp3) is 0.105. The molecule has 1 nitrogen and oxygen atoms in total. The van der Waals surface area contributed by atoms with Gasteiger partial charge in [-0.05, 0) is 22.8 Å². The summed E-state index contributed by atoms with van der Waals surface area (Å²) < 4.78 is 0. The summed E-state index contributed by atoms with van der Waals surface area (Å²) in [7, 11) is 0.711. The Hall–Kier alpha value is -2.19. The largest absolute Gasteiger partial charge is 0.264 e. The lowest BCUT2D eigenvalue weighted by Crippen LogP contribution is -2.34. The van der Waals surface area contributed by atoms with Crippen LogP contribution in [-0.4, -0.2) is 14.5 Å². The van der Waals surface area contributed by atoms with Gasteiger partial charge in [-0.15, -0.1) is 0 Å². The molecule has 3 rings (SSSR count). The summed E-state index contributed by atoms with van der Waals surface area (Å²) >= 11 is 0. The van der Waals surface area contributed by atoms with E-state index < -0.39 is 0 Å². The second kappa shape index (κ2) is 6.06. The van der Waals surface area contributed by atoms with Crippen molar-refractivity contribution in [3.63, 3.8) is 0 Å². The molecule has 3 aromatic rings. The summed E-state index contributed by atoms with van der Waals surface area (Å²) in [6, 6.07) is 25.7. The molecular weight excluding hydrogens is 270 g/mol. The first-order valence-corrected chi connectivity index (χ1v) is 8.58. The Kier molecular flexibility index (Phi) is 3.98. The third kappa shape index (κ3) is 2.43. The highest BCUT2D eigenvalue weighted by molar-refractivity contribution is 6.41. The number of nitrogens with zero attached hydrogens (tertiary/aromatic N) is 1. The molecule has 0 aliphatic rings. The summed E-state index contributed by atoms with van der Waals surface area (Å²) in [6.45, 7) is 2.27. The van der Waals surface area contributed by atoms with Gasteiger partial charge in [0, 0.05) is 17.4 Å². The lowest BCUT2D eigenvalue weighted by atomic mass is 9.84. The Labute approximate surface area is 128 Å². The Morgan fingerprint density at radius 3 is 1.67 bits per heavy atom. The average molecular weight is 287 g/mol. The van der Waals surface area contributed by atoms with Gasteiger partial charge in [0.1, 0.15) is 0 Å². The fourth-order valence-corrected chi connectivity index (χ4v) is 4.24. The summed E-state index contributed by atoms with van der Waals surface area (Å²) in [5.74, 6) is 0. The van der Waals surface area contributed by atoms with Crippen LogP contribution in [0.3, 0.4) is 0 Å². The monoisotopic (exact) mass is 287 g/mol. The summed E-state index contributed by atoms with van der Waals surface area (Å²) in [6.07, 6.45) is 3.83. The first-order valence-electron chi connectivity index (χ1n) is 7.08. The maximum Gasteiger partial charge on any atom is 0.0607 e. The van der Waals surface area contributed by atoms with Crippen LogP contribution in [0.15, 0.2) is 85.2 Å². The number of pyridine rings is 1. The van der Waals surface area contributed by atoms with Gasteiger partial charge in [-0.2, -0.15) is 0 Å². The van der Waals surface area contributed by atoms with Crippen LogP contribution >= 0.6 is 0 Å². The molecule has 0 amide bonds. The Morgan fingerprint density at radius 1 is 0.714 bits per heavy atom. The third-order valence-corrected chi connectivity index (χ3v) is 5.50. The van der Waals surface area contributed by atoms with Crippen LogP contribution in [0.5, 0.6) is 0 Å². The molecule has 21 heavy (non-hydrogen) atoms. The van der Waals surface area contributed by atoms with Crippen molar-refractivity contribution < 1.29 is 0 Å². The van der Waals surface area contributed by atoms with Crippen molar-refractivity contribution in [2.75, 3.05) is 0 Å². The van der Waals surface area contributed by atoms with Crippen LogP contribution in [0.25, 0.3) is 0 Å². The molecule has 0 unspecified atom stereocenters. The van der Waals surface area contributed by atoms with E-state index in [0.29, 0.717) is 9.52 Å². The topological polar surface area (TPSA) is 12.9 Å². The zero-order valence-corrected chi connectivity index (χ0v) is 13.0. The van der Waals surface area contributed by atoms with E-state index in [4.69, 9.17) is 0 Å². The van der Waals surface area contributed by atoms with Crippen molar-refractivity contribution >= 4 is 9.52 Å². The Bertz CT molecular complexity index is 584. The number of rotatable bonds is 4. The molecule has 0 N–H and O–H groups in total. The minimum Gasteiger partial charge on any atom is -0.264 e. The molecule has 1 aromatic heterocycles. The second-order valence-corrected chi connectivity index (χ2v) is 6.22. The van der Waals surface area contributed by atoms with Gasteiger partial charge in [0.25, 0.3) is 0 Å². The van der Waals surface area contributed by atoms with E-state index in [-0.39, 0.29) is 5.04 Å². The van der Waals surface area contributed by atoms with E-state index >= 15 is 0 Å². The van der Waals surface area contributed by atoms with Crippen LogP contribution in [0.4, 0.5) is 0 Å². The molecule has 0 saturated heterocycles. The molecule has 0 fully saturated rings. The van der Waals surface area contributed by atoms with Crippen LogP contribution in [0.1, 0.15) is 16.7 Å². The average Bonchev–Trinajstić information content (AvgIpc) is 2.59. The normalized spacial score (nSPS) is 11.3. The van der Waals surface area contributed by atoms with Crippen molar-refractivity contribution in [3.8, 4) is 0 Å². The second-order valence-electron chi connectivity index (χ2n) is 4.97. The number of hydrogen-bond acceptors (Lipinski definition) is 1. The van der Waals surface area contributed by atoms with E-state index in [9.17, 15) is 0 Å². The highest BCUT2D eigenvalue weighted by Gasteiger charge is 2.34. The predicted molar refractivity (Wildman–Crippen MR) is 88.6 cm³/mol. The molecule has 0 spiro atoms. The van der Waals surface area contributed by atoms with Crippen molar-refractivity contribution in [1.29, 1.82) is 0 Å². The van der Waals surface area contributed by atoms with E-state index in [2.05, 4.69) is 78.3 Å². The first-order chi connectivity index (χ1) is 10.4. The molecule has 1 heterocycles. The molecule has 2 heteroatoms. The molecule has 2 radical (unpaired) electrons. The molecule has 0 atom stereocenters.